The first-order chi connectivity index (χ1) is 10.4. The fraction of sp³-hybridized carbons (Fsp3) is 0.438. The zero-order valence-corrected chi connectivity index (χ0v) is 12.3. The van der Waals surface area contributed by atoms with Gasteiger partial charge in [0.2, 0.25) is 0 Å². The molecule has 22 heavy (non-hydrogen) atoms. The van der Waals surface area contributed by atoms with Gasteiger partial charge < -0.3 is 10.4 Å². The van der Waals surface area contributed by atoms with Crippen LogP contribution in [0, 0.1) is 18.8 Å². The van der Waals surface area contributed by atoms with E-state index in [4.69, 9.17) is 5.11 Å². The Morgan fingerprint density at radius 1 is 1.41 bits per heavy atom. The van der Waals surface area contributed by atoms with Gasteiger partial charge >= 0.3 is 12.0 Å². The molecule has 2 fully saturated rings. The van der Waals surface area contributed by atoms with E-state index in [-0.39, 0.29) is 5.92 Å². The Morgan fingerprint density at radius 2 is 2.18 bits per heavy atom. The number of urea groups is 1. The van der Waals surface area contributed by atoms with Crippen molar-refractivity contribution in [2.45, 2.75) is 31.7 Å². The van der Waals surface area contributed by atoms with Gasteiger partial charge in [-0.2, -0.15) is 0 Å². The molecule has 0 radical (unpaired) electrons. The van der Waals surface area contributed by atoms with Crippen molar-refractivity contribution in [3.8, 4) is 0 Å². The van der Waals surface area contributed by atoms with E-state index >= 15 is 0 Å². The van der Waals surface area contributed by atoms with Crippen molar-refractivity contribution in [1.82, 2.24) is 10.6 Å². The first kappa shape index (κ1) is 14.6. The van der Waals surface area contributed by atoms with E-state index in [0.29, 0.717) is 19.3 Å². The second-order valence-corrected chi connectivity index (χ2v) is 6.16. The van der Waals surface area contributed by atoms with Crippen LogP contribution >= 0.6 is 0 Å². The largest absolute Gasteiger partial charge is 0.481 e. The number of rotatable bonds is 5. The second-order valence-electron chi connectivity index (χ2n) is 6.16. The van der Waals surface area contributed by atoms with Crippen molar-refractivity contribution in [2.75, 3.05) is 0 Å². The highest BCUT2D eigenvalue weighted by atomic mass is 16.4. The molecule has 1 aliphatic heterocycles. The summed E-state index contributed by atoms with van der Waals surface area (Å²) in [6, 6.07) is 7.40. The van der Waals surface area contributed by atoms with Crippen LogP contribution in [0.25, 0.3) is 0 Å². The molecule has 3 amide bonds. The summed E-state index contributed by atoms with van der Waals surface area (Å²) in [7, 11) is 0. The van der Waals surface area contributed by atoms with E-state index < -0.39 is 29.4 Å². The fourth-order valence-corrected chi connectivity index (χ4v) is 3.35. The van der Waals surface area contributed by atoms with Crippen LogP contribution in [0.15, 0.2) is 24.3 Å². The fourth-order valence-electron chi connectivity index (χ4n) is 3.35. The number of carbonyl (C=O) groups excluding carboxylic acids is 2. The number of carboxylic acids is 1. The normalized spacial score (nSPS) is 29.9. The van der Waals surface area contributed by atoms with Crippen molar-refractivity contribution < 1.29 is 19.5 Å². The minimum Gasteiger partial charge on any atom is -0.481 e. The lowest BCUT2D eigenvalue weighted by Gasteiger charge is -2.26. The Bertz CT molecular complexity index is 657. The van der Waals surface area contributed by atoms with Crippen LogP contribution in [0.1, 0.15) is 24.0 Å². The third-order valence-electron chi connectivity index (χ3n) is 4.60. The van der Waals surface area contributed by atoms with E-state index in [1.165, 1.54) is 0 Å². The molecule has 3 N–H and O–H groups in total. The molecule has 1 saturated heterocycles. The molecular formula is C16H18N2O4. The van der Waals surface area contributed by atoms with E-state index in [2.05, 4.69) is 10.6 Å². The van der Waals surface area contributed by atoms with E-state index in [9.17, 15) is 14.4 Å². The summed E-state index contributed by atoms with van der Waals surface area (Å²) in [5, 5.41) is 14.1. The number of aliphatic carboxylic acids is 1. The third-order valence-corrected chi connectivity index (χ3v) is 4.60. The zero-order chi connectivity index (χ0) is 15.9. The van der Waals surface area contributed by atoms with Gasteiger partial charge in [-0.05, 0) is 31.7 Å². The molecule has 3 rings (SSSR count). The maximum absolute atomic E-state index is 12.3. The van der Waals surface area contributed by atoms with Gasteiger partial charge in [0.1, 0.15) is 5.54 Å². The number of nitrogens with one attached hydrogen (secondary N) is 2. The molecule has 116 valence electrons. The number of carbonyl (C=O) groups is 3. The summed E-state index contributed by atoms with van der Waals surface area (Å²) in [5.74, 6) is -2.20. The monoisotopic (exact) mass is 302 g/mol. The number of benzene rings is 1. The first-order valence-corrected chi connectivity index (χ1v) is 7.34. The molecule has 1 heterocycles. The summed E-state index contributed by atoms with van der Waals surface area (Å²) < 4.78 is 0. The maximum atomic E-state index is 12.3. The maximum Gasteiger partial charge on any atom is 0.322 e. The zero-order valence-electron chi connectivity index (χ0n) is 12.3. The topological polar surface area (TPSA) is 95.5 Å². The lowest BCUT2D eigenvalue weighted by molar-refractivity contribution is -0.139. The van der Waals surface area contributed by atoms with Crippen LogP contribution in [-0.4, -0.2) is 28.6 Å². The molecule has 1 aliphatic carbocycles. The van der Waals surface area contributed by atoms with Gasteiger partial charge in [0.05, 0.1) is 5.92 Å². The van der Waals surface area contributed by atoms with Gasteiger partial charge in [0, 0.05) is 5.92 Å². The Labute approximate surface area is 127 Å². The van der Waals surface area contributed by atoms with Crippen molar-refractivity contribution in [3.63, 3.8) is 0 Å². The number of carboxylic acid groups (broad SMARTS) is 1. The molecule has 0 bridgehead atoms. The van der Waals surface area contributed by atoms with Crippen LogP contribution in [0.3, 0.4) is 0 Å². The summed E-state index contributed by atoms with van der Waals surface area (Å²) in [6.07, 6.45) is 1.44. The van der Waals surface area contributed by atoms with Gasteiger partial charge in [-0.25, -0.2) is 4.79 Å². The molecule has 1 aromatic rings. The molecule has 1 saturated carbocycles. The van der Waals surface area contributed by atoms with Gasteiger partial charge in [-0.15, -0.1) is 0 Å². The van der Waals surface area contributed by atoms with Crippen molar-refractivity contribution >= 4 is 17.9 Å². The molecule has 0 aromatic heterocycles. The molecule has 0 unspecified atom stereocenters. The summed E-state index contributed by atoms with van der Waals surface area (Å²) in [4.78, 5) is 34.9. The highest BCUT2D eigenvalue weighted by molar-refractivity contribution is 6.07. The van der Waals surface area contributed by atoms with Crippen LogP contribution in [0.4, 0.5) is 4.79 Å². The van der Waals surface area contributed by atoms with Crippen LogP contribution in [0.5, 0.6) is 0 Å². The van der Waals surface area contributed by atoms with Gasteiger partial charge in [-0.1, -0.05) is 29.8 Å². The Hall–Kier alpha value is -2.37. The van der Waals surface area contributed by atoms with Crippen LogP contribution < -0.4 is 10.6 Å². The number of hydrogen-bond donors (Lipinski definition) is 3. The minimum absolute atomic E-state index is 0.332. The van der Waals surface area contributed by atoms with Gasteiger partial charge in [-0.3, -0.25) is 14.9 Å². The number of amides is 3. The Kier molecular flexibility index (Phi) is 3.39. The Balaban J connectivity index is 1.80. The first-order valence-electron chi connectivity index (χ1n) is 7.34. The number of aryl methyl sites for hydroxylation is 2. The molecule has 0 spiro atoms. The SMILES string of the molecule is Cc1cccc(CC[C@]2([C@@H]3C[C@H]3C(=O)O)NC(=O)NC2=O)c1. The smallest absolute Gasteiger partial charge is 0.322 e. The predicted molar refractivity (Wildman–Crippen MR) is 78.1 cm³/mol. The van der Waals surface area contributed by atoms with Gasteiger partial charge in [0.15, 0.2) is 0 Å². The highest BCUT2D eigenvalue weighted by Crippen LogP contribution is 2.49. The van der Waals surface area contributed by atoms with E-state index in [0.717, 1.165) is 11.1 Å². The van der Waals surface area contributed by atoms with Crippen molar-refractivity contribution in [1.29, 1.82) is 0 Å². The lowest BCUT2D eigenvalue weighted by atomic mass is 9.85. The molecule has 3 atom stereocenters. The van der Waals surface area contributed by atoms with Gasteiger partial charge in [0.25, 0.3) is 5.91 Å². The molecule has 6 nitrogen and oxygen atoms in total. The highest BCUT2D eigenvalue weighted by Gasteiger charge is 2.62. The quantitative estimate of drug-likeness (QED) is 0.713. The summed E-state index contributed by atoms with van der Waals surface area (Å²) in [6.45, 7) is 1.99. The third kappa shape index (κ3) is 2.45. The summed E-state index contributed by atoms with van der Waals surface area (Å²) >= 11 is 0. The van der Waals surface area contributed by atoms with Crippen LogP contribution in [-0.2, 0) is 16.0 Å². The number of imide groups is 1. The molecule has 6 heteroatoms. The van der Waals surface area contributed by atoms with E-state index in [1.807, 2.05) is 31.2 Å². The lowest BCUT2D eigenvalue weighted by Crippen LogP contribution is -2.50. The number of hydrogen-bond acceptors (Lipinski definition) is 3. The van der Waals surface area contributed by atoms with Crippen molar-refractivity contribution in [3.05, 3.63) is 35.4 Å². The standard InChI is InChI=1S/C16H18N2O4/c1-9-3-2-4-10(7-9)5-6-16(12-8-11(12)13(19)20)14(21)17-15(22)18-16/h2-4,7,11-12H,5-6,8H2,1H3,(H,19,20)(H2,17,18,21,22)/t11-,12-,16-/m1/s1. The molecule has 2 aliphatic rings. The van der Waals surface area contributed by atoms with E-state index in [1.54, 1.807) is 0 Å². The molecule has 1 aromatic carbocycles. The average molecular weight is 302 g/mol. The van der Waals surface area contributed by atoms with Crippen LogP contribution in [0.2, 0.25) is 0 Å². The second kappa shape index (κ2) is 5.12. The van der Waals surface area contributed by atoms with Crippen molar-refractivity contribution in [2.24, 2.45) is 11.8 Å². The summed E-state index contributed by atoms with van der Waals surface area (Å²) in [5.41, 5.74) is 1.10. The minimum atomic E-state index is -1.09. The molecular weight excluding hydrogens is 284 g/mol. The predicted octanol–water partition coefficient (Wildman–Crippen LogP) is 1.23. The Morgan fingerprint density at radius 3 is 2.73 bits per heavy atom. The average Bonchev–Trinajstić information content (AvgIpc) is 3.19.